The number of anilines is 1. The van der Waals surface area contributed by atoms with Crippen molar-refractivity contribution in [3.8, 4) is 6.07 Å². The summed E-state index contributed by atoms with van der Waals surface area (Å²) < 4.78 is 0. The largest absolute Gasteiger partial charge is 0.387 e. The van der Waals surface area contributed by atoms with Crippen molar-refractivity contribution in [2.24, 2.45) is 0 Å². The zero-order valence-corrected chi connectivity index (χ0v) is 11.9. The van der Waals surface area contributed by atoms with Gasteiger partial charge in [-0.15, -0.1) is 0 Å². The first kappa shape index (κ1) is 14.6. The van der Waals surface area contributed by atoms with Crippen LogP contribution in [-0.2, 0) is 0 Å². The predicted molar refractivity (Wildman–Crippen MR) is 78.9 cm³/mol. The van der Waals surface area contributed by atoms with Crippen molar-refractivity contribution in [3.05, 3.63) is 57.7 Å². The van der Waals surface area contributed by atoms with E-state index in [2.05, 4.69) is 10.3 Å². The summed E-state index contributed by atoms with van der Waals surface area (Å²) in [6.07, 6.45) is -0.799. The van der Waals surface area contributed by atoms with Gasteiger partial charge in [0.25, 0.3) is 0 Å². The van der Waals surface area contributed by atoms with Crippen LogP contribution in [0.5, 0.6) is 0 Å². The molecule has 6 heteroatoms. The summed E-state index contributed by atoms with van der Waals surface area (Å²) in [4.78, 5) is 4.06. The third kappa shape index (κ3) is 3.61. The summed E-state index contributed by atoms with van der Waals surface area (Å²) in [5, 5.41) is 22.7. The molecule has 0 bridgehead atoms. The molecule has 102 valence electrons. The van der Waals surface area contributed by atoms with Crippen molar-refractivity contribution < 1.29 is 5.11 Å². The van der Waals surface area contributed by atoms with Gasteiger partial charge in [-0.05, 0) is 24.3 Å². The molecule has 2 aromatic rings. The fourth-order valence-electron chi connectivity index (χ4n) is 1.68. The Bertz CT molecular complexity index is 655. The van der Waals surface area contributed by atoms with Crippen molar-refractivity contribution >= 4 is 29.0 Å². The quantitative estimate of drug-likeness (QED) is 0.908. The van der Waals surface area contributed by atoms with E-state index in [4.69, 9.17) is 28.5 Å². The van der Waals surface area contributed by atoms with Crippen LogP contribution in [0.4, 0.5) is 5.82 Å². The summed E-state index contributed by atoms with van der Waals surface area (Å²) in [5.41, 5.74) is 0.897. The molecule has 1 aromatic heterocycles. The van der Waals surface area contributed by atoms with Crippen molar-refractivity contribution in [3.63, 3.8) is 0 Å². The van der Waals surface area contributed by atoms with Gasteiger partial charge >= 0.3 is 0 Å². The van der Waals surface area contributed by atoms with E-state index >= 15 is 0 Å². The van der Waals surface area contributed by atoms with Crippen molar-refractivity contribution in [1.82, 2.24) is 4.98 Å². The molecule has 0 saturated heterocycles. The van der Waals surface area contributed by atoms with Crippen LogP contribution in [0, 0.1) is 11.3 Å². The number of hydrogen-bond acceptors (Lipinski definition) is 4. The minimum atomic E-state index is -0.799. The van der Waals surface area contributed by atoms with Gasteiger partial charge in [-0.25, -0.2) is 4.98 Å². The highest BCUT2D eigenvalue weighted by atomic mass is 35.5. The first-order valence-corrected chi connectivity index (χ1v) is 6.60. The summed E-state index contributed by atoms with van der Waals surface area (Å²) in [6, 6.07) is 11.9. The number of aliphatic hydroxyl groups is 1. The smallest absolute Gasteiger partial charge is 0.142 e. The molecule has 2 rings (SSSR count). The van der Waals surface area contributed by atoms with Crippen LogP contribution >= 0.6 is 23.2 Å². The summed E-state index contributed by atoms with van der Waals surface area (Å²) >= 11 is 11.8. The van der Waals surface area contributed by atoms with Gasteiger partial charge in [-0.2, -0.15) is 5.26 Å². The predicted octanol–water partition coefficient (Wildman–Crippen LogP) is 3.41. The number of nitriles is 1. The average Bonchev–Trinajstić information content (AvgIpc) is 2.45. The number of nitrogens with one attached hydrogen (secondary N) is 1. The SMILES string of the molecule is N#Cc1cccc(NCC(O)c2ccc(Cl)cc2Cl)n1. The lowest BCUT2D eigenvalue weighted by molar-refractivity contribution is 0.191. The number of benzene rings is 1. The molecule has 4 nitrogen and oxygen atoms in total. The molecule has 0 aliphatic carbocycles. The van der Waals surface area contributed by atoms with Crippen LogP contribution in [-0.4, -0.2) is 16.6 Å². The third-order valence-corrected chi connectivity index (χ3v) is 3.22. The number of aromatic nitrogens is 1. The van der Waals surface area contributed by atoms with Crippen LogP contribution in [0.2, 0.25) is 10.0 Å². The maximum atomic E-state index is 10.1. The first-order valence-electron chi connectivity index (χ1n) is 5.84. The second-order valence-corrected chi connectivity index (χ2v) is 4.93. The molecule has 0 saturated carbocycles. The monoisotopic (exact) mass is 307 g/mol. The lowest BCUT2D eigenvalue weighted by Crippen LogP contribution is -2.13. The third-order valence-electron chi connectivity index (χ3n) is 2.66. The molecule has 0 fully saturated rings. The highest BCUT2D eigenvalue weighted by Gasteiger charge is 2.12. The lowest BCUT2D eigenvalue weighted by atomic mass is 10.1. The van der Waals surface area contributed by atoms with Crippen molar-refractivity contribution in [2.75, 3.05) is 11.9 Å². The van der Waals surface area contributed by atoms with Crippen molar-refractivity contribution in [2.45, 2.75) is 6.10 Å². The van der Waals surface area contributed by atoms with Crippen LogP contribution in [0.3, 0.4) is 0 Å². The van der Waals surface area contributed by atoms with Gasteiger partial charge in [-0.3, -0.25) is 0 Å². The van der Waals surface area contributed by atoms with Gasteiger partial charge in [0.2, 0.25) is 0 Å². The molecular weight excluding hydrogens is 297 g/mol. The topological polar surface area (TPSA) is 68.9 Å². The lowest BCUT2D eigenvalue weighted by Gasteiger charge is -2.14. The maximum Gasteiger partial charge on any atom is 0.142 e. The summed E-state index contributed by atoms with van der Waals surface area (Å²) in [7, 11) is 0. The fourth-order valence-corrected chi connectivity index (χ4v) is 2.21. The fraction of sp³-hybridized carbons (Fsp3) is 0.143. The summed E-state index contributed by atoms with van der Waals surface area (Å²) in [6.45, 7) is 0.225. The Morgan fingerprint density at radius 1 is 1.30 bits per heavy atom. The van der Waals surface area contributed by atoms with Gasteiger partial charge < -0.3 is 10.4 Å². The minimum Gasteiger partial charge on any atom is -0.387 e. The Labute approximate surface area is 126 Å². The van der Waals surface area contributed by atoms with E-state index in [1.54, 1.807) is 36.4 Å². The average molecular weight is 308 g/mol. The zero-order chi connectivity index (χ0) is 14.5. The highest BCUT2D eigenvalue weighted by Crippen LogP contribution is 2.26. The van der Waals surface area contributed by atoms with Crippen molar-refractivity contribution in [1.29, 1.82) is 5.26 Å². The molecule has 0 radical (unpaired) electrons. The van der Waals surface area contributed by atoms with Gasteiger partial charge in [0.1, 0.15) is 17.6 Å². The molecule has 2 N–H and O–H groups in total. The second-order valence-electron chi connectivity index (χ2n) is 4.08. The van der Waals surface area contributed by atoms with E-state index < -0.39 is 6.10 Å². The molecular formula is C14H11Cl2N3O. The Hall–Kier alpha value is -1.80. The highest BCUT2D eigenvalue weighted by molar-refractivity contribution is 6.35. The zero-order valence-electron chi connectivity index (χ0n) is 10.3. The number of halogens is 2. The Kier molecular flexibility index (Phi) is 4.80. The molecule has 0 amide bonds. The molecule has 0 aliphatic heterocycles. The first-order chi connectivity index (χ1) is 9.60. The van der Waals surface area contributed by atoms with Gasteiger partial charge in [-0.1, -0.05) is 35.3 Å². The normalized spacial score (nSPS) is 11.7. The minimum absolute atomic E-state index is 0.225. The van der Waals surface area contributed by atoms with Crippen LogP contribution in [0.25, 0.3) is 0 Å². The van der Waals surface area contributed by atoms with E-state index in [1.165, 1.54) is 0 Å². The number of pyridine rings is 1. The van der Waals surface area contributed by atoms with E-state index in [0.29, 0.717) is 27.1 Å². The van der Waals surface area contributed by atoms with Crippen LogP contribution in [0.1, 0.15) is 17.4 Å². The van der Waals surface area contributed by atoms with E-state index in [-0.39, 0.29) is 6.54 Å². The number of nitrogens with zero attached hydrogens (tertiary/aromatic N) is 2. The molecule has 20 heavy (non-hydrogen) atoms. The van der Waals surface area contributed by atoms with E-state index in [9.17, 15) is 5.11 Å². The Balaban J connectivity index is 2.04. The molecule has 0 spiro atoms. The number of hydrogen-bond donors (Lipinski definition) is 2. The van der Waals surface area contributed by atoms with Gasteiger partial charge in [0.05, 0.1) is 6.10 Å². The Morgan fingerprint density at radius 2 is 2.10 bits per heavy atom. The van der Waals surface area contributed by atoms with Crippen LogP contribution < -0.4 is 5.32 Å². The second kappa shape index (κ2) is 6.58. The summed E-state index contributed by atoms with van der Waals surface area (Å²) in [5.74, 6) is 0.521. The van der Waals surface area contributed by atoms with Gasteiger partial charge in [0.15, 0.2) is 0 Å². The number of rotatable bonds is 4. The van der Waals surface area contributed by atoms with Crippen LogP contribution in [0.15, 0.2) is 36.4 Å². The molecule has 0 aliphatic rings. The van der Waals surface area contributed by atoms with E-state index in [0.717, 1.165) is 0 Å². The Morgan fingerprint density at radius 3 is 2.80 bits per heavy atom. The number of aliphatic hydroxyl groups excluding tert-OH is 1. The molecule has 1 atom stereocenters. The van der Waals surface area contributed by atoms with Gasteiger partial charge in [0, 0.05) is 22.2 Å². The van der Waals surface area contributed by atoms with E-state index in [1.807, 2.05) is 6.07 Å². The standard InChI is InChI=1S/C14H11Cl2N3O/c15-9-4-5-11(12(16)6-9)13(20)8-18-14-3-1-2-10(7-17)19-14/h1-6,13,20H,8H2,(H,18,19). The maximum absolute atomic E-state index is 10.1. The molecule has 1 heterocycles. The molecule has 1 unspecified atom stereocenters. The molecule has 1 aromatic carbocycles.